The van der Waals surface area contributed by atoms with Crippen LogP contribution >= 0.6 is 11.8 Å². The van der Waals surface area contributed by atoms with Gasteiger partial charge in [-0.15, -0.1) is 0 Å². The summed E-state index contributed by atoms with van der Waals surface area (Å²) in [5.74, 6) is 4.00. The number of nitrogens with zero attached hydrogens (tertiary/aromatic N) is 4. The van der Waals surface area contributed by atoms with Gasteiger partial charge >= 0.3 is 0 Å². The summed E-state index contributed by atoms with van der Waals surface area (Å²) in [5, 5.41) is 7.72. The number of carbonyl (C=O) groups excluding carboxylic acids is 1. The van der Waals surface area contributed by atoms with Crippen LogP contribution in [0, 0.1) is 5.92 Å². The Bertz CT molecular complexity index is 719. The summed E-state index contributed by atoms with van der Waals surface area (Å²) in [5.41, 5.74) is 0.691. The van der Waals surface area contributed by atoms with Crippen molar-refractivity contribution in [1.82, 2.24) is 19.7 Å². The number of aryl methyl sites for hydroxylation is 1. The van der Waals surface area contributed by atoms with Gasteiger partial charge in [-0.3, -0.25) is 9.48 Å². The SMILES string of the molecule is O=C(c1ccc(NC2CCSC2)nc1)N1CCC(CCn2cccn2)CC1. The van der Waals surface area contributed by atoms with Crippen LogP contribution in [0.1, 0.15) is 36.0 Å². The van der Waals surface area contributed by atoms with E-state index in [1.807, 2.05) is 51.9 Å². The largest absolute Gasteiger partial charge is 0.366 e. The van der Waals surface area contributed by atoms with Crippen LogP contribution in [-0.4, -0.2) is 56.2 Å². The number of rotatable bonds is 6. The second kappa shape index (κ2) is 8.78. The Kier molecular flexibility index (Phi) is 5.97. The monoisotopic (exact) mass is 385 g/mol. The molecule has 1 N–H and O–H groups in total. The zero-order valence-electron chi connectivity index (χ0n) is 15.6. The van der Waals surface area contributed by atoms with E-state index in [9.17, 15) is 4.79 Å². The molecule has 7 heteroatoms. The molecule has 1 unspecified atom stereocenters. The summed E-state index contributed by atoms with van der Waals surface area (Å²) in [7, 11) is 0. The summed E-state index contributed by atoms with van der Waals surface area (Å²) in [6, 6.07) is 6.31. The van der Waals surface area contributed by atoms with Crippen molar-refractivity contribution in [3.63, 3.8) is 0 Å². The number of hydrogen-bond acceptors (Lipinski definition) is 5. The maximum atomic E-state index is 12.8. The van der Waals surface area contributed by atoms with Crippen molar-refractivity contribution in [3.8, 4) is 0 Å². The van der Waals surface area contributed by atoms with E-state index < -0.39 is 0 Å². The quantitative estimate of drug-likeness (QED) is 0.828. The Labute approximate surface area is 164 Å². The van der Waals surface area contributed by atoms with E-state index in [0.29, 0.717) is 17.5 Å². The van der Waals surface area contributed by atoms with Crippen LogP contribution in [-0.2, 0) is 6.54 Å². The van der Waals surface area contributed by atoms with E-state index in [-0.39, 0.29) is 5.91 Å². The first-order valence-electron chi connectivity index (χ1n) is 9.85. The molecule has 2 fully saturated rings. The lowest BCUT2D eigenvalue weighted by molar-refractivity contribution is 0.0684. The second-order valence-electron chi connectivity index (χ2n) is 7.43. The topological polar surface area (TPSA) is 63.1 Å². The molecule has 0 bridgehead atoms. The highest BCUT2D eigenvalue weighted by molar-refractivity contribution is 7.99. The minimum Gasteiger partial charge on any atom is -0.366 e. The fraction of sp³-hybridized carbons (Fsp3) is 0.550. The first-order chi connectivity index (χ1) is 13.3. The average Bonchev–Trinajstić information content (AvgIpc) is 3.41. The second-order valence-corrected chi connectivity index (χ2v) is 8.58. The molecular formula is C20H27N5OS. The molecule has 2 aliphatic heterocycles. The van der Waals surface area contributed by atoms with Gasteiger partial charge in [0.1, 0.15) is 5.82 Å². The molecule has 2 saturated heterocycles. The molecule has 27 heavy (non-hydrogen) atoms. The van der Waals surface area contributed by atoms with E-state index in [4.69, 9.17) is 0 Å². The maximum Gasteiger partial charge on any atom is 0.255 e. The van der Waals surface area contributed by atoms with E-state index in [0.717, 1.165) is 50.5 Å². The molecule has 2 aromatic heterocycles. The molecule has 2 aromatic rings. The van der Waals surface area contributed by atoms with Crippen LogP contribution in [0.2, 0.25) is 0 Å². The predicted octanol–water partition coefficient (Wildman–Crippen LogP) is 3.14. The molecule has 144 valence electrons. The van der Waals surface area contributed by atoms with Crippen LogP contribution in [0.25, 0.3) is 0 Å². The number of thioether (sulfide) groups is 1. The lowest BCUT2D eigenvalue weighted by Crippen LogP contribution is -2.38. The van der Waals surface area contributed by atoms with Gasteiger partial charge in [0.25, 0.3) is 5.91 Å². The lowest BCUT2D eigenvalue weighted by atomic mass is 9.93. The van der Waals surface area contributed by atoms with Gasteiger partial charge in [0.15, 0.2) is 0 Å². The summed E-state index contributed by atoms with van der Waals surface area (Å²) >= 11 is 1.98. The number of hydrogen-bond donors (Lipinski definition) is 1. The minimum atomic E-state index is 0.107. The smallest absolute Gasteiger partial charge is 0.255 e. The third kappa shape index (κ3) is 4.83. The Morgan fingerprint density at radius 1 is 1.26 bits per heavy atom. The summed E-state index contributed by atoms with van der Waals surface area (Å²) < 4.78 is 1.99. The van der Waals surface area contributed by atoms with Gasteiger partial charge in [-0.1, -0.05) is 0 Å². The first kappa shape index (κ1) is 18.3. The highest BCUT2D eigenvalue weighted by Gasteiger charge is 2.24. The first-order valence-corrected chi connectivity index (χ1v) is 11.0. The number of nitrogens with one attached hydrogen (secondary N) is 1. The fourth-order valence-corrected chi connectivity index (χ4v) is 4.97. The van der Waals surface area contributed by atoms with Gasteiger partial charge in [0, 0.05) is 50.0 Å². The van der Waals surface area contributed by atoms with Gasteiger partial charge in [-0.05, 0) is 55.6 Å². The molecule has 4 heterocycles. The maximum absolute atomic E-state index is 12.8. The summed E-state index contributed by atoms with van der Waals surface area (Å²) in [4.78, 5) is 19.2. The molecule has 2 aliphatic rings. The van der Waals surface area contributed by atoms with E-state index in [1.54, 1.807) is 6.20 Å². The summed E-state index contributed by atoms with van der Waals surface area (Å²) in [6.45, 7) is 2.63. The number of anilines is 1. The predicted molar refractivity (Wildman–Crippen MR) is 109 cm³/mol. The Hall–Kier alpha value is -2.02. The number of aromatic nitrogens is 3. The molecule has 0 radical (unpaired) electrons. The van der Waals surface area contributed by atoms with Gasteiger partial charge in [-0.25, -0.2) is 4.98 Å². The van der Waals surface area contributed by atoms with Crippen molar-refractivity contribution in [1.29, 1.82) is 0 Å². The van der Waals surface area contributed by atoms with Crippen LogP contribution in [0.3, 0.4) is 0 Å². The lowest BCUT2D eigenvalue weighted by Gasteiger charge is -2.32. The minimum absolute atomic E-state index is 0.107. The third-order valence-electron chi connectivity index (χ3n) is 5.52. The van der Waals surface area contributed by atoms with Crippen molar-refractivity contribution in [2.75, 3.05) is 29.9 Å². The van der Waals surface area contributed by atoms with Crippen LogP contribution < -0.4 is 5.32 Å². The molecule has 0 saturated carbocycles. The normalized spacial score (nSPS) is 20.7. The average molecular weight is 386 g/mol. The van der Waals surface area contributed by atoms with Crippen molar-refractivity contribution in [3.05, 3.63) is 42.4 Å². The zero-order chi connectivity index (χ0) is 18.5. The van der Waals surface area contributed by atoms with Crippen LogP contribution in [0.4, 0.5) is 5.82 Å². The van der Waals surface area contributed by atoms with Crippen molar-refractivity contribution >= 4 is 23.5 Å². The molecule has 1 atom stereocenters. The molecule has 4 rings (SSSR count). The Balaban J connectivity index is 1.24. The number of amides is 1. The van der Waals surface area contributed by atoms with Gasteiger partial charge < -0.3 is 10.2 Å². The summed E-state index contributed by atoms with van der Waals surface area (Å²) in [6.07, 6.45) is 10.0. The molecule has 0 aliphatic carbocycles. The van der Waals surface area contributed by atoms with Crippen molar-refractivity contribution < 1.29 is 4.79 Å². The number of carbonyl (C=O) groups is 1. The molecule has 1 amide bonds. The van der Waals surface area contributed by atoms with Gasteiger partial charge in [0.2, 0.25) is 0 Å². The number of pyridine rings is 1. The Morgan fingerprint density at radius 3 is 2.81 bits per heavy atom. The third-order valence-corrected chi connectivity index (χ3v) is 6.68. The standard InChI is InChI=1S/C20H27N5OS/c26-20(17-2-3-19(21-14-17)23-18-7-13-27-15-18)24-10-4-16(5-11-24)6-12-25-9-1-8-22-25/h1-3,8-9,14,16,18H,4-7,10-13,15H2,(H,21,23). The van der Waals surface area contributed by atoms with E-state index in [1.165, 1.54) is 12.2 Å². The fourth-order valence-electron chi connectivity index (χ4n) is 3.82. The van der Waals surface area contributed by atoms with Gasteiger partial charge in [-0.2, -0.15) is 16.9 Å². The highest BCUT2D eigenvalue weighted by Crippen LogP contribution is 2.23. The van der Waals surface area contributed by atoms with Crippen molar-refractivity contribution in [2.24, 2.45) is 5.92 Å². The van der Waals surface area contributed by atoms with Gasteiger partial charge in [0.05, 0.1) is 5.56 Å². The molecule has 0 aromatic carbocycles. The van der Waals surface area contributed by atoms with Crippen LogP contribution in [0.5, 0.6) is 0 Å². The highest BCUT2D eigenvalue weighted by atomic mass is 32.2. The molecule has 0 spiro atoms. The van der Waals surface area contributed by atoms with Crippen molar-refractivity contribution in [2.45, 2.75) is 38.3 Å². The molecule has 6 nitrogen and oxygen atoms in total. The zero-order valence-corrected chi connectivity index (χ0v) is 16.4. The Morgan fingerprint density at radius 2 is 2.15 bits per heavy atom. The number of piperidine rings is 1. The molecular weight excluding hydrogens is 358 g/mol. The van der Waals surface area contributed by atoms with E-state index in [2.05, 4.69) is 15.4 Å². The number of likely N-dealkylation sites (tertiary alicyclic amines) is 1. The van der Waals surface area contributed by atoms with Crippen LogP contribution in [0.15, 0.2) is 36.8 Å². The van der Waals surface area contributed by atoms with E-state index >= 15 is 0 Å².